The van der Waals surface area contributed by atoms with E-state index >= 15 is 0 Å². The third-order valence-electron chi connectivity index (χ3n) is 1.23. The van der Waals surface area contributed by atoms with Crippen molar-refractivity contribution in [3.8, 4) is 21.0 Å². The molecule has 0 saturated carbocycles. The SMILES string of the molecule is C1#CSCSC#CSCCCCS1. The topological polar surface area (TPSA) is 0 Å². The zero-order chi connectivity index (χ0) is 9.19. The molecule has 0 saturated heterocycles. The predicted octanol–water partition coefficient (Wildman–Crippen LogP) is 3.51. The van der Waals surface area contributed by atoms with Crippen molar-refractivity contribution in [2.45, 2.75) is 12.8 Å². The van der Waals surface area contributed by atoms with Gasteiger partial charge in [-0.15, -0.1) is 0 Å². The average Bonchev–Trinajstić information content (AvgIpc) is 2.18. The minimum Gasteiger partial charge on any atom is -0.0742 e. The fraction of sp³-hybridized carbons (Fsp3) is 0.556. The van der Waals surface area contributed by atoms with Crippen molar-refractivity contribution in [1.82, 2.24) is 0 Å². The molecule has 0 N–H and O–H groups in total. The van der Waals surface area contributed by atoms with Crippen LogP contribution >= 0.6 is 47.0 Å². The van der Waals surface area contributed by atoms with Gasteiger partial charge in [0.1, 0.15) is 0 Å². The van der Waals surface area contributed by atoms with Gasteiger partial charge in [-0.3, -0.25) is 0 Å². The summed E-state index contributed by atoms with van der Waals surface area (Å²) in [6.07, 6.45) is 2.51. The lowest BCUT2D eigenvalue weighted by molar-refractivity contribution is 0.910. The van der Waals surface area contributed by atoms with E-state index in [1.165, 1.54) is 12.8 Å². The summed E-state index contributed by atoms with van der Waals surface area (Å²) in [5, 5.41) is 13.2. The highest BCUT2D eigenvalue weighted by Crippen LogP contribution is 2.13. The van der Waals surface area contributed by atoms with E-state index in [0.29, 0.717) is 0 Å². The van der Waals surface area contributed by atoms with E-state index in [-0.39, 0.29) is 0 Å². The van der Waals surface area contributed by atoms with Crippen molar-refractivity contribution in [1.29, 1.82) is 0 Å². The van der Waals surface area contributed by atoms with E-state index in [1.54, 1.807) is 47.0 Å². The molecule has 0 atom stereocenters. The first-order valence-electron chi connectivity index (χ1n) is 3.97. The summed E-state index contributed by atoms with van der Waals surface area (Å²) >= 11 is 6.75. The molecule has 0 spiro atoms. The maximum absolute atomic E-state index is 3.08. The predicted molar refractivity (Wildman–Crippen MR) is 69.8 cm³/mol. The molecular weight excluding hydrogens is 236 g/mol. The van der Waals surface area contributed by atoms with Gasteiger partial charge in [0.2, 0.25) is 0 Å². The summed E-state index contributed by atoms with van der Waals surface area (Å²) in [6, 6.07) is 0. The molecule has 1 aliphatic heterocycles. The molecule has 0 aromatic rings. The smallest absolute Gasteiger partial charge is 0.0639 e. The second-order valence-corrected chi connectivity index (χ2v) is 5.95. The van der Waals surface area contributed by atoms with Crippen molar-refractivity contribution >= 4 is 47.0 Å². The van der Waals surface area contributed by atoms with Crippen LogP contribution in [0.3, 0.4) is 0 Å². The second-order valence-electron chi connectivity index (χ2n) is 2.22. The lowest BCUT2D eigenvalue weighted by Gasteiger charge is -1.93. The second kappa shape index (κ2) is 9.09. The number of hydrogen-bond acceptors (Lipinski definition) is 4. The Morgan fingerprint density at radius 1 is 0.615 bits per heavy atom. The molecule has 0 aromatic heterocycles. The molecule has 70 valence electrons. The summed E-state index contributed by atoms with van der Waals surface area (Å²) in [5.74, 6) is 2.32. The molecule has 1 heterocycles. The van der Waals surface area contributed by atoms with Crippen molar-refractivity contribution in [3.05, 3.63) is 0 Å². The fourth-order valence-corrected chi connectivity index (χ4v) is 3.21. The molecule has 0 unspecified atom stereocenters. The highest BCUT2D eigenvalue weighted by molar-refractivity contribution is 8.20. The molecule has 1 rings (SSSR count). The first kappa shape index (κ1) is 11.6. The largest absolute Gasteiger partial charge is 0.0742 e. The summed E-state index contributed by atoms with van der Waals surface area (Å²) in [5.41, 5.74) is 0. The zero-order valence-corrected chi connectivity index (χ0v) is 10.4. The standard InChI is InChI=1S/C9H10S4/c1-2-4-11-6-8-13-9-12-7-5-10-3-1/h1-4,9H2. The molecular formula is C9H10S4. The normalized spacial score (nSPS) is 19.1. The Bertz CT molecular complexity index is 214. The van der Waals surface area contributed by atoms with Crippen molar-refractivity contribution in [2.75, 3.05) is 16.6 Å². The molecule has 0 bridgehead atoms. The van der Waals surface area contributed by atoms with Gasteiger partial charge in [-0.05, 0) is 33.9 Å². The number of rotatable bonds is 0. The Morgan fingerprint density at radius 3 is 1.62 bits per heavy atom. The van der Waals surface area contributed by atoms with E-state index in [2.05, 4.69) is 21.0 Å². The van der Waals surface area contributed by atoms with Crippen LogP contribution in [0.4, 0.5) is 0 Å². The zero-order valence-electron chi connectivity index (χ0n) is 7.17. The van der Waals surface area contributed by atoms with Crippen LogP contribution in [-0.2, 0) is 0 Å². The fourth-order valence-electron chi connectivity index (χ4n) is 0.657. The van der Waals surface area contributed by atoms with E-state index in [1.807, 2.05) is 0 Å². The summed E-state index contributed by atoms with van der Waals surface area (Å²) in [7, 11) is 0. The molecule has 4 heteroatoms. The third-order valence-corrected chi connectivity index (χ3v) is 4.41. The molecule has 0 aromatic carbocycles. The highest BCUT2D eigenvalue weighted by atomic mass is 32.2. The van der Waals surface area contributed by atoms with Crippen LogP contribution in [0.25, 0.3) is 0 Å². The van der Waals surface area contributed by atoms with E-state index in [4.69, 9.17) is 0 Å². The lowest BCUT2D eigenvalue weighted by Crippen LogP contribution is -1.81. The first-order valence-corrected chi connectivity index (χ1v) is 7.91. The Morgan fingerprint density at radius 2 is 1.08 bits per heavy atom. The highest BCUT2D eigenvalue weighted by Gasteiger charge is 1.89. The van der Waals surface area contributed by atoms with Crippen LogP contribution in [0.5, 0.6) is 0 Å². The lowest BCUT2D eigenvalue weighted by atomic mass is 10.4. The molecule has 0 radical (unpaired) electrons. The van der Waals surface area contributed by atoms with Crippen molar-refractivity contribution in [3.63, 3.8) is 0 Å². The summed E-state index contributed by atoms with van der Waals surface area (Å²) in [6.45, 7) is 0. The van der Waals surface area contributed by atoms with E-state index in [0.717, 1.165) is 16.6 Å². The monoisotopic (exact) mass is 246 g/mol. The quantitative estimate of drug-likeness (QED) is 0.600. The molecule has 1 aliphatic rings. The van der Waals surface area contributed by atoms with Crippen LogP contribution in [0, 0.1) is 21.0 Å². The molecule has 0 aliphatic carbocycles. The summed E-state index contributed by atoms with van der Waals surface area (Å²) < 4.78 is 0. The molecule has 13 heavy (non-hydrogen) atoms. The number of thioether (sulfide) groups is 4. The Hall–Kier alpha value is 0.520. The van der Waals surface area contributed by atoms with Gasteiger partial charge in [0.15, 0.2) is 0 Å². The maximum Gasteiger partial charge on any atom is 0.0639 e. The molecule has 0 fully saturated rings. The Kier molecular flexibility index (Phi) is 8.11. The van der Waals surface area contributed by atoms with Gasteiger partial charge in [0, 0.05) is 11.5 Å². The van der Waals surface area contributed by atoms with Crippen LogP contribution in [0.15, 0.2) is 0 Å². The van der Waals surface area contributed by atoms with Gasteiger partial charge in [-0.2, -0.15) is 0 Å². The maximum atomic E-state index is 3.08. The molecule has 0 amide bonds. The van der Waals surface area contributed by atoms with Crippen LogP contribution in [0.1, 0.15) is 12.8 Å². The van der Waals surface area contributed by atoms with Crippen LogP contribution < -0.4 is 0 Å². The van der Waals surface area contributed by atoms with Gasteiger partial charge in [-0.25, -0.2) is 0 Å². The Balaban J connectivity index is 2.25. The average molecular weight is 246 g/mol. The van der Waals surface area contributed by atoms with Crippen LogP contribution in [0.2, 0.25) is 0 Å². The van der Waals surface area contributed by atoms with Gasteiger partial charge >= 0.3 is 0 Å². The van der Waals surface area contributed by atoms with Gasteiger partial charge in [0.25, 0.3) is 0 Å². The minimum atomic E-state index is 0.959. The molecule has 0 nitrogen and oxygen atoms in total. The van der Waals surface area contributed by atoms with E-state index in [9.17, 15) is 0 Å². The van der Waals surface area contributed by atoms with Gasteiger partial charge in [0.05, 0.1) is 5.08 Å². The van der Waals surface area contributed by atoms with Gasteiger partial charge in [-0.1, -0.05) is 47.0 Å². The summed E-state index contributed by atoms with van der Waals surface area (Å²) in [4.78, 5) is 0. The van der Waals surface area contributed by atoms with Crippen LogP contribution in [-0.4, -0.2) is 16.6 Å². The first-order chi connectivity index (χ1) is 6.50. The Labute approximate surface area is 97.1 Å². The van der Waals surface area contributed by atoms with Gasteiger partial charge < -0.3 is 0 Å². The van der Waals surface area contributed by atoms with Crippen molar-refractivity contribution in [2.24, 2.45) is 0 Å². The number of hydrogen-bond donors (Lipinski definition) is 0. The minimum absolute atomic E-state index is 0.959. The van der Waals surface area contributed by atoms with Crippen molar-refractivity contribution < 1.29 is 0 Å². The van der Waals surface area contributed by atoms with E-state index < -0.39 is 0 Å². The third kappa shape index (κ3) is 7.58.